The van der Waals surface area contributed by atoms with Gasteiger partial charge < -0.3 is 32.6 Å². The molecule has 0 spiro atoms. The van der Waals surface area contributed by atoms with Crippen LogP contribution in [0, 0.1) is 12.8 Å². The number of carbonyl (C=O) groups excluding carboxylic acids is 5. The third-order valence-electron chi connectivity index (χ3n) is 6.68. The molecule has 1 aromatic rings. The number of hydrogen-bond donors (Lipinski definition) is 5. The van der Waals surface area contributed by atoms with Crippen LogP contribution in [0.2, 0.25) is 0 Å². The lowest BCUT2D eigenvalue weighted by molar-refractivity contribution is -0.156. The number of benzene rings is 1. The monoisotopic (exact) mass is 601 g/mol. The molecule has 0 aliphatic carbocycles. The van der Waals surface area contributed by atoms with Gasteiger partial charge in [0.1, 0.15) is 23.7 Å². The van der Waals surface area contributed by atoms with Crippen molar-refractivity contribution in [3.05, 3.63) is 41.5 Å². The van der Waals surface area contributed by atoms with Gasteiger partial charge in [0, 0.05) is 0 Å². The van der Waals surface area contributed by atoms with Gasteiger partial charge in [-0.15, -0.1) is 0 Å². The Morgan fingerprint density at radius 1 is 1.02 bits per heavy atom. The van der Waals surface area contributed by atoms with Crippen molar-refractivity contribution in [2.24, 2.45) is 23.1 Å². The van der Waals surface area contributed by atoms with Crippen molar-refractivity contribution in [3.63, 3.8) is 0 Å². The molecule has 1 rings (SSSR count). The highest BCUT2D eigenvalue weighted by molar-refractivity contribution is 6.16. The Morgan fingerprint density at radius 3 is 2.21 bits per heavy atom. The molecule has 0 aliphatic rings. The maximum Gasteiger partial charge on any atom is 0.323 e. The van der Waals surface area contributed by atoms with Crippen molar-refractivity contribution in [1.29, 1.82) is 0 Å². The van der Waals surface area contributed by atoms with E-state index in [4.69, 9.17) is 21.9 Å². The summed E-state index contributed by atoms with van der Waals surface area (Å²) >= 11 is 0. The minimum absolute atomic E-state index is 0.0820. The largest absolute Gasteiger partial charge is 0.459 e. The summed E-state index contributed by atoms with van der Waals surface area (Å²) in [6.45, 7) is 12.7. The van der Waals surface area contributed by atoms with E-state index < -0.39 is 58.7 Å². The van der Waals surface area contributed by atoms with E-state index in [2.05, 4.69) is 10.6 Å². The Hall–Kier alpha value is -3.57. The molecule has 11 heteroatoms. The average molecular weight is 602 g/mol. The number of rotatable bonds is 17. The Bertz CT molecular complexity index is 1160. The summed E-state index contributed by atoms with van der Waals surface area (Å²) in [5.41, 5.74) is 17.0. The van der Waals surface area contributed by atoms with Gasteiger partial charge in [-0.1, -0.05) is 63.1 Å². The predicted molar refractivity (Wildman–Crippen MR) is 167 cm³/mol. The van der Waals surface area contributed by atoms with Crippen molar-refractivity contribution in [2.75, 3.05) is 0 Å². The van der Waals surface area contributed by atoms with E-state index in [-0.39, 0.29) is 31.6 Å². The van der Waals surface area contributed by atoms with Crippen LogP contribution >= 0.6 is 0 Å². The molecule has 1 unspecified atom stereocenters. The van der Waals surface area contributed by atoms with Crippen LogP contribution in [-0.2, 0) is 28.7 Å². The molecule has 11 nitrogen and oxygen atoms in total. The molecular formula is C32H51N5O6. The molecule has 0 saturated heterocycles. The average Bonchev–Trinajstić information content (AvgIpc) is 2.89. The van der Waals surface area contributed by atoms with E-state index in [1.165, 1.54) is 6.08 Å². The highest BCUT2D eigenvalue weighted by atomic mass is 16.6. The molecule has 0 radical (unpaired) electrons. The molecule has 8 N–H and O–H groups in total. The van der Waals surface area contributed by atoms with Crippen LogP contribution in [0.15, 0.2) is 30.3 Å². The molecule has 0 bridgehead atoms. The van der Waals surface area contributed by atoms with E-state index in [0.717, 1.165) is 11.1 Å². The van der Waals surface area contributed by atoms with E-state index in [1.807, 2.05) is 52.0 Å². The molecule has 0 heterocycles. The van der Waals surface area contributed by atoms with E-state index >= 15 is 0 Å². The second-order valence-corrected chi connectivity index (χ2v) is 12.5. The molecule has 4 atom stereocenters. The van der Waals surface area contributed by atoms with Gasteiger partial charge in [-0.05, 0) is 77.4 Å². The van der Waals surface area contributed by atoms with Crippen molar-refractivity contribution < 1.29 is 28.7 Å². The molecule has 43 heavy (non-hydrogen) atoms. The van der Waals surface area contributed by atoms with Gasteiger partial charge in [0.05, 0.1) is 0 Å². The van der Waals surface area contributed by atoms with Crippen molar-refractivity contribution in [1.82, 2.24) is 10.6 Å². The first-order chi connectivity index (χ1) is 19.9. The van der Waals surface area contributed by atoms with E-state index in [0.29, 0.717) is 12.8 Å². The van der Waals surface area contributed by atoms with Crippen LogP contribution in [0.1, 0.15) is 91.2 Å². The summed E-state index contributed by atoms with van der Waals surface area (Å²) < 4.78 is 5.32. The van der Waals surface area contributed by atoms with E-state index in [9.17, 15) is 24.0 Å². The smallest absolute Gasteiger partial charge is 0.323 e. The quantitative estimate of drug-likeness (QED) is 0.102. The molecule has 1 aromatic carbocycles. The van der Waals surface area contributed by atoms with Crippen molar-refractivity contribution in [2.45, 2.75) is 116 Å². The summed E-state index contributed by atoms with van der Waals surface area (Å²) in [4.78, 5) is 64.6. The zero-order valence-corrected chi connectivity index (χ0v) is 26.7. The van der Waals surface area contributed by atoms with Crippen LogP contribution in [-0.4, -0.2) is 58.7 Å². The van der Waals surface area contributed by atoms with Gasteiger partial charge in [-0.25, -0.2) is 0 Å². The molecule has 0 saturated carbocycles. The topological polar surface area (TPSA) is 197 Å². The first kappa shape index (κ1) is 37.5. The molecule has 0 fully saturated rings. The standard InChI is InChI=1S/C32H51N5O6/c1-8-11-24(28(40)36-25(27(34)39)18-20(2)3)37-30(42)32(35,17-10-14-23(33)29(41)43-31(5,6)7)26(38)16-15-22-13-9-12-21(4)19-22/h9,12-13,15-16,19-20,23-25H,8,10-11,14,17-18,33,35H2,1-7H3,(H2,34,39)(H,36,40)(H,37,42)/t23?,24-,25-,32+/m0/s1. The SMILES string of the molecule is CCC[C@H](NC(=O)[C@@](N)(CCCC(N)C(=O)OC(C)(C)C)C(=O)C=Cc1cccc(C)c1)C(=O)N[C@@H](CC(C)C)C(N)=O. The highest BCUT2D eigenvalue weighted by Crippen LogP contribution is 2.19. The van der Waals surface area contributed by atoms with Crippen LogP contribution in [0.5, 0.6) is 0 Å². The number of nitrogens with two attached hydrogens (primary N) is 3. The summed E-state index contributed by atoms with van der Waals surface area (Å²) in [6.07, 6.45) is 4.00. The Balaban J connectivity index is 3.23. The molecular weight excluding hydrogens is 550 g/mol. The lowest BCUT2D eigenvalue weighted by Crippen LogP contribution is -2.63. The fraction of sp³-hybridized carbons (Fsp3) is 0.594. The van der Waals surface area contributed by atoms with Gasteiger partial charge in [0.25, 0.3) is 0 Å². The highest BCUT2D eigenvalue weighted by Gasteiger charge is 2.42. The van der Waals surface area contributed by atoms with Crippen LogP contribution in [0.4, 0.5) is 0 Å². The predicted octanol–water partition coefficient (Wildman–Crippen LogP) is 2.42. The summed E-state index contributed by atoms with van der Waals surface area (Å²) in [5, 5.41) is 5.25. The summed E-state index contributed by atoms with van der Waals surface area (Å²) in [7, 11) is 0. The fourth-order valence-corrected chi connectivity index (χ4v) is 4.37. The van der Waals surface area contributed by atoms with Crippen LogP contribution in [0.25, 0.3) is 6.08 Å². The second-order valence-electron chi connectivity index (χ2n) is 12.5. The molecule has 3 amide bonds. The van der Waals surface area contributed by atoms with Gasteiger partial charge in [-0.3, -0.25) is 24.0 Å². The number of hydrogen-bond acceptors (Lipinski definition) is 8. The minimum atomic E-state index is -2.07. The van der Waals surface area contributed by atoms with Crippen LogP contribution < -0.4 is 27.8 Å². The third-order valence-corrected chi connectivity index (χ3v) is 6.68. The van der Waals surface area contributed by atoms with Gasteiger partial charge in [0.15, 0.2) is 11.3 Å². The second kappa shape index (κ2) is 16.9. The zero-order chi connectivity index (χ0) is 33.0. The number of nitrogens with one attached hydrogen (secondary N) is 2. The maximum atomic E-state index is 13.7. The summed E-state index contributed by atoms with van der Waals surface area (Å²) in [5.74, 6) is -3.34. The Morgan fingerprint density at radius 2 is 1.67 bits per heavy atom. The number of ether oxygens (including phenoxy) is 1. The number of primary amides is 1. The number of ketones is 1. The fourth-order valence-electron chi connectivity index (χ4n) is 4.37. The third kappa shape index (κ3) is 13.1. The lowest BCUT2D eigenvalue weighted by atomic mass is 9.86. The number of carbonyl (C=O) groups is 5. The Kier molecular flexibility index (Phi) is 14.7. The Labute approximate surface area is 255 Å². The number of aryl methyl sites for hydroxylation is 1. The summed E-state index contributed by atoms with van der Waals surface area (Å²) in [6, 6.07) is 4.48. The molecule has 0 aromatic heterocycles. The number of esters is 1. The van der Waals surface area contributed by atoms with Gasteiger partial charge in [0.2, 0.25) is 17.7 Å². The lowest BCUT2D eigenvalue weighted by Gasteiger charge is -2.29. The maximum absolute atomic E-state index is 13.7. The van der Waals surface area contributed by atoms with Gasteiger partial charge in [-0.2, -0.15) is 0 Å². The first-order valence-corrected chi connectivity index (χ1v) is 14.9. The minimum Gasteiger partial charge on any atom is -0.459 e. The van der Waals surface area contributed by atoms with Crippen molar-refractivity contribution in [3.8, 4) is 0 Å². The van der Waals surface area contributed by atoms with Crippen molar-refractivity contribution >= 4 is 35.6 Å². The zero-order valence-electron chi connectivity index (χ0n) is 26.7. The number of amides is 3. The normalized spacial score (nSPS) is 15.3. The molecule has 0 aliphatic heterocycles. The van der Waals surface area contributed by atoms with Crippen LogP contribution in [0.3, 0.4) is 0 Å². The van der Waals surface area contributed by atoms with Gasteiger partial charge >= 0.3 is 5.97 Å². The van der Waals surface area contributed by atoms with E-state index in [1.54, 1.807) is 26.8 Å². The molecule has 240 valence electrons. The first-order valence-electron chi connectivity index (χ1n) is 14.9.